The molecule has 3 rings (SSSR count). The fraction of sp³-hybridized carbons (Fsp3) is 0.348. The first kappa shape index (κ1) is 21.6. The molecule has 30 heavy (non-hydrogen) atoms. The second kappa shape index (κ2) is 10.6. The Kier molecular flexibility index (Phi) is 7.63. The summed E-state index contributed by atoms with van der Waals surface area (Å²) in [7, 11) is 1.28. The zero-order valence-electron chi connectivity index (χ0n) is 16.8. The molecule has 1 atom stereocenters. The molecule has 1 aromatic carbocycles. The molecule has 0 spiro atoms. The SMILES string of the molecule is COC(=O)c1ccccc1NC(=O)C#CC(C(=O)NC1CCCCC1)c1cccs1. The maximum absolute atomic E-state index is 12.9. The monoisotopic (exact) mass is 424 g/mol. The number of esters is 1. The summed E-state index contributed by atoms with van der Waals surface area (Å²) in [4.78, 5) is 37.9. The molecule has 1 unspecified atom stereocenters. The van der Waals surface area contributed by atoms with Gasteiger partial charge in [-0.15, -0.1) is 11.3 Å². The van der Waals surface area contributed by atoms with Crippen molar-refractivity contribution in [1.29, 1.82) is 0 Å². The number of nitrogens with one attached hydrogen (secondary N) is 2. The lowest BCUT2D eigenvalue weighted by Crippen LogP contribution is -2.38. The van der Waals surface area contributed by atoms with Gasteiger partial charge in [0.1, 0.15) is 5.92 Å². The summed E-state index contributed by atoms with van der Waals surface area (Å²) >= 11 is 1.43. The average molecular weight is 425 g/mol. The first-order valence-electron chi connectivity index (χ1n) is 9.92. The van der Waals surface area contributed by atoms with Crippen molar-refractivity contribution in [1.82, 2.24) is 5.32 Å². The molecule has 0 radical (unpaired) electrons. The lowest BCUT2D eigenvalue weighted by atomic mass is 9.94. The third-order valence-electron chi connectivity index (χ3n) is 4.95. The summed E-state index contributed by atoms with van der Waals surface area (Å²) in [5.74, 6) is 3.28. The molecule has 1 aliphatic rings. The number of carbonyl (C=O) groups is 3. The Morgan fingerprint density at radius 1 is 1.10 bits per heavy atom. The summed E-state index contributed by atoms with van der Waals surface area (Å²) < 4.78 is 4.73. The van der Waals surface area contributed by atoms with Crippen molar-refractivity contribution in [2.24, 2.45) is 0 Å². The van der Waals surface area contributed by atoms with Crippen LogP contribution in [0.1, 0.15) is 53.3 Å². The number of amides is 2. The zero-order valence-corrected chi connectivity index (χ0v) is 17.6. The Hall–Kier alpha value is -3.11. The zero-order chi connectivity index (χ0) is 21.3. The number of ether oxygens (including phenoxy) is 1. The van der Waals surface area contributed by atoms with Gasteiger partial charge in [-0.05, 0) is 42.3 Å². The highest BCUT2D eigenvalue weighted by atomic mass is 32.1. The Morgan fingerprint density at radius 3 is 2.57 bits per heavy atom. The third kappa shape index (κ3) is 5.71. The molecule has 2 N–H and O–H groups in total. The third-order valence-corrected chi connectivity index (χ3v) is 5.89. The van der Waals surface area contributed by atoms with E-state index in [1.54, 1.807) is 24.3 Å². The molecular weight excluding hydrogens is 400 g/mol. The molecule has 1 aromatic heterocycles. The fourth-order valence-electron chi connectivity index (χ4n) is 3.42. The normalized spacial score (nSPS) is 14.7. The van der Waals surface area contributed by atoms with E-state index in [9.17, 15) is 14.4 Å². The smallest absolute Gasteiger partial charge is 0.339 e. The van der Waals surface area contributed by atoms with Crippen LogP contribution in [0.5, 0.6) is 0 Å². The van der Waals surface area contributed by atoms with Gasteiger partial charge in [-0.2, -0.15) is 0 Å². The van der Waals surface area contributed by atoms with Gasteiger partial charge in [0.25, 0.3) is 5.91 Å². The number of para-hydroxylation sites is 1. The van der Waals surface area contributed by atoms with Crippen LogP contribution >= 0.6 is 11.3 Å². The Morgan fingerprint density at radius 2 is 1.87 bits per heavy atom. The number of hydrogen-bond acceptors (Lipinski definition) is 5. The van der Waals surface area contributed by atoms with Gasteiger partial charge >= 0.3 is 5.97 Å². The lowest BCUT2D eigenvalue weighted by molar-refractivity contribution is -0.122. The summed E-state index contributed by atoms with van der Waals surface area (Å²) in [5, 5.41) is 7.57. The Balaban J connectivity index is 1.73. The molecule has 7 heteroatoms. The maximum atomic E-state index is 12.9. The quantitative estimate of drug-likeness (QED) is 0.566. The average Bonchev–Trinajstić information content (AvgIpc) is 3.29. The highest BCUT2D eigenvalue weighted by Gasteiger charge is 2.23. The van der Waals surface area contributed by atoms with E-state index in [-0.39, 0.29) is 17.5 Å². The molecule has 2 aromatic rings. The predicted octanol–water partition coefficient (Wildman–Crippen LogP) is 3.71. The van der Waals surface area contributed by atoms with Gasteiger partial charge in [-0.1, -0.05) is 43.4 Å². The minimum atomic E-state index is -0.714. The minimum Gasteiger partial charge on any atom is -0.465 e. The lowest BCUT2D eigenvalue weighted by Gasteiger charge is -2.24. The number of thiophene rings is 1. The summed E-state index contributed by atoms with van der Waals surface area (Å²) in [6.07, 6.45) is 5.38. The van der Waals surface area contributed by atoms with Crippen LogP contribution < -0.4 is 10.6 Å². The van der Waals surface area contributed by atoms with E-state index in [1.807, 2.05) is 17.5 Å². The van der Waals surface area contributed by atoms with Gasteiger partial charge in [-0.3, -0.25) is 9.59 Å². The number of carbonyl (C=O) groups excluding carboxylic acids is 3. The number of methoxy groups -OCH3 is 1. The largest absolute Gasteiger partial charge is 0.465 e. The molecule has 1 heterocycles. The van der Waals surface area contributed by atoms with Gasteiger partial charge in [0, 0.05) is 10.9 Å². The van der Waals surface area contributed by atoms with Crippen LogP contribution in [0.4, 0.5) is 5.69 Å². The van der Waals surface area contributed by atoms with E-state index in [0.717, 1.165) is 30.6 Å². The molecule has 0 aliphatic heterocycles. The van der Waals surface area contributed by atoms with Crippen molar-refractivity contribution in [3.05, 3.63) is 52.2 Å². The van der Waals surface area contributed by atoms with E-state index in [4.69, 9.17) is 4.74 Å². The maximum Gasteiger partial charge on any atom is 0.339 e. The van der Waals surface area contributed by atoms with Gasteiger partial charge < -0.3 is 15.4 Å². The first-order chi connectivity index (χ1) is 14.6. The second-order valence-electron chi connectivity index (χ2n) is 7.05. The molecule has 2 amide bonds. The van der Waals surface area contributed by atoms with Crippen LogP contribution in [-0.2, 0) is 14.3 Å². The van der Waals surface area contributed by atoms with Crippen LogP contribution in [0, 0.1) is 11.8 Å². The van der Waals surface area contributed by atoms with E-state index in [1.165, 1.54) is 24.9 Å². The topological polar surface area (TPSA) is 84.5 Å². The van der Waals surface area contributed by atoms with Crippen molar-refractivity contribution in [3.8, 4) is 11.8 Å². The number of anilines is 1. The Bertz CT molecular complexity index is 953. The summed E-state index contributed by atoms with van der Waals surface area (Å²) in [6.45, 7) is 0. The molecule has 6 nitrogen and oxygen atoms in total. The van der Waals surface area contributed by atoms with Crippen molar-refractivity contribution in [2.45, 2.75) is 44.1 Å². The molecule has 156 valence electrons. The second-order valence-corrected chi connectivity index (χ2v) is 8.03. The molecule has 1 aliphatic carbocycles. The van der Waals surface area contributed by atoms with E-state index in [2.05, 4.69) is 22.5 Å². The number of hydrogen-bond donors (Lipinski definition) is 2. The Labute approximate surface area is 180 Å². The van der Waals surface area contributed by atoms with Crippen molar-refractivity contribution >= 4 is 34.8 Å². The van der Waals surface area contributed by atoms with Gasteiger partial charge in [0.2, 0.25) is 5.91 Å². The molecule has 1 fully saturated rings. The van der Waals surface area contributed by atoms with Crippen LogP contribution in [0.2, 0.25) is 0 Å². The number of rotatable bonds is 5. The van der Waals surface area contributed by atoms with Crippen molar-refractivity contribution < 1.29 is 19.1 Å². The van der Waals surface area contributed by atoms with Crippen LogP contribution in [0.15, 0.2) is 41.8 Å². The van der Waals surface area contributed by atoms with Gasteiger partial charge in [0.15, 0.2) is 0 Å². The molecular formula is C23H24N2O4S. The van der Waals surface area contributed by atoms with Crippen LogP contribution in [0.3, 0.4) is 0 Å². The standard InChI is InChI=1S/C23H24N2O4S/c1-29-23(28)17-10-5-6-11-19(17)25-21(26)14-13-18(20-12-7-15-30-20)22(27)24-16-8-3-2-4-9-16/h5-7,10-12,15-16,18H,2-4,8-9H2,1H3,(H,24,27)(H,25,26). The van der Waals surface area contributed by atoms with E-state index in [0.29, 0.717) is 5.69 Å². The highest BCUT2D eigenvalue weighted by molar-refractivity contribution is 7.10. The summed E-state index contributed by atoms with van der Waals surface area (Å²) in [5.41, 5.74) is 0.544. The summed E-state index contributed by atoms with van der Waals surface area (Å²) in [6, 6.07) is 10.4. The van der Waals surface area contributed by atoms with Gasteiger partial charge in [-0.25, -0.2) is 4.79 Å². The first-order valence-corrected chi connectivity index (χ1v) is 10.8. The molecule has 0 saturated heterocycles. The van der Waals surface area contributed by atoms with E-state index >= 15 is 0 Å². The number of benzene rings is 1. The molecule has 0 bridgehead atoms. The van der Waals surface area contributed by atoms with Crippen molar-refractivity contribution in [3.63, 3.8) is 0 Å². The predicted molar refractivity (Wildman–Crippen MR) is 116 cm³/mol. The van der Waals surface area contributed by atoms with E-state index < -0.39 is 17.8 Å². The highest BCUT2D eigenvalue weighted by Crippen LogP contribution is 2.23. The minimum absolute atomic E-state index is 0.163. The van der Waals surface area contributed by atoms with Crippen molar-refractivity contribution in [2.75, 3.05) is 12.4 Å². The molecule has 1 saturated carbocycles. The fourth-order valence-corrected chi connectivity index (χ4v) is 4.20. The van der Waals surface area contributed by atoms with Gasteiger partial charge in [0.05, 0.1) is 18.4 Å². The van der Waals surface area contributed by atoms with Crippen LogP contribution in [0.25, 0.3) is 0 Å². The van der Waals surface area contributed by atoms with Crippen LogP contribution in [-0.4, -0.2) is 30.9 Å².